The van der Waals surface area contributed by atoms with Crippen molar-refractivity contribution < 1.29 is 19.7 Å². The zero-order valence-electron chi connectivity index (χ0n) is 15.7. The van der Waals surface area contributed by atoms with Crippen molar-refractivity contribution in [3.63, 3.8) is 0 Å². The maximum atomic E-state index is 12.1. The Balaban J connectivity index is 2.48. The smallest absolute Gasteiger partial charge is 0.139 e. The highest BCUT2D eigenvalue weighted by molar-refractivity contribution is 5.82. The lowest BCUT2D eigenvalue weighted by Crippen LogP contribution is -2.41. The van der Waals surface area contributed by atoms with Crippen LogP contribution in [0.1, 0.15) is 66.2 Å². The highest BCUT2D eigenvalue weighted by Crippen LogP contribution is 2.31. The average molecular weight is 338 g/mol. The standard InChI is InChI=1S/C20H34O4/c1-15(2)7-9-18(22)16(3)6-5-12-20(4)19(23)10-8-17(11-13-21)14-24-20/h7,11,16,19,21,23H,5-6,8-10,12-14H2,1-4H3/b17-11+/t16?,19-,20+/m0/s1. The summed E-state index contributed by atoms with van der Waals surface area (Å²) in [5, 5.41) is 19.4. The molecule has 4 heteroatoms. The molecule has 0 spiro atoms. The van der Waals surface area contributed by atoms with Crippen LogP contribution < -0.4 is 0 Å². The summed E-state index contributed by atoms with van der Waals surface area (Å²) in [6, 6.07) is 0. The third kappa shape index (κ3) is 6.88. The molecule has 1 heterocycles. The minimum Gasteiger partial charge on any atom is -0.392 e. The zero-order chi connectivity index (χ0) is 18.2. The molecule has 0 radical (unpaired) electrons. The van der Waals surface area contributed by atoms with Gasteiger partial charge in [-0.1, -0.05) is 24.6 Å². The number of ether oxygens (including phenoxy) is 1. The Hall–Kier alpha value is -0.970. The van der Waals surface area contributed by atoms with Crippen molar-refractivity contribution in [3.05, 3.63) is 23.3 Å². The number of ketones is 1. The topological polar surface area (TPSA) is 66.8 Å². The number of aliphatic hydroxyl groups excluding tert-OH is 2. The molecule has 1 aliphatic heterocycles. The zero-order valence-corrected chi connectivity index (χ0v) is 15.7. The lowest BCUT2D eigenvalue weighted by Gasteiger charge is -2.33. The van der Waals surface area contributed by atoms with E-state index in [9.17, 15) is 9.90 Å². The molecule has 1 rings (SSSR count). The molecule has 0 aliphatic carbocycles. The van der Waals surface area contributed by atoms with Gasteiger partial charge in [-0.25, -0.2) is 0 Å². The first-order valence-electron chi connectivity index (χ1n) is 9.05. The van der Waals surface area contributed by atoms with Gasteiger partial charge >= 0.3 is 0 Å². The molecule has 24 heavy (non-hydrogen) atoms. The molecule has 0 bridgehead atoms. The maximum absolute atomic E-state index is 12.1. The third-order valence-electron chi connectivity index (χ3n) is 4.98. The van der Waals surface area contributed by atoms with Crippen LogP contribution in [-0.2, 0) is 9.53 Å². The molecule has 4 nitrogen and oxygen atoms in total. The molecule has 0 amide bonds. The Kier molecular flexibility index (Phi) is 8.88. The summed E-state index contributed by atoms with van der Waals surface area (Å²) >= 11 is 0. The number of Topliss-reactive ketones (excluding diaryl/α,β-unsaturated/α-hetero) is 1. The van der Waals surface area contributed by atoms with Gasteiger partial charge < -0.3 is 14.9 Å². The molecule has 0 aromatic rings. The third-order valence-corrected chi connectivity index (χ3v) is 4.98. The van der Waals surface area contributed by atoms with Crippen molar-refractivity contribution in [1.82, 2.24) is 0 Å². The number of carbonyl (C=O) groups is 1. The molecule has 0 aromatic carbocycles. The summed E-state index contributed by atoms with van der Waals surface area (Å²) in [6.45, 7) is 8.41. The molecule has 1 saturated heterocycles. The largest absolute Gasteiger partial charge is 0.392 e. The second-order valence-electron chi connectivity index (χ2n) is 7.45. The minimum absolute atomic E-state index is 0.0107. The quantitative estimate of drug-likeness (QED) is 0.664. The first-order valence-corrected chi connectivity index (χ1v) is 9.05. The van der Waals surface area contributed by atoms with E-state index in [0.717, 1.165) is 31.3 Å². The van der Waals surface area contributed by atoms with Gasteiger partial charge in [0.15, 0.2) is 0 Å². The fraction of sp³-hybridized carbons (Fsp3) is 0.750. The van der Waals surface area contributed by atoms with Crippen LogP contribution in [-0.4, -0.2) is 40.9 Å². The van der Waals surface area contributed by atoms with Crippen molar-refractivity contribution in [2.75, 3.05) is 13.2 Å². The van der Waals surface area contributed by atoms with Gasteiger partial charge in [-0.15, -0.1) is 0 Å². The molecular weight excluding hydrogens is 304 g/mol. The van der Waals surface area contributed by atoms with Crippen LogP contribution in [0.5, 0.6) is 0 Å². The monoisotopic (exact) mass is 338 g/mol. The number of hydrogen-bond donors (Lipinski definition) is 2. The predicted octanol–water partition coefficient (Wildman–Crippen LogP) is 3.57. The second kappa shape index (κ2) is 10.1. The normalized spacial score (nSPS) is 27.6. The minimum atomic E-state index is -0.576. The van der Waals surface area contributed by atoms with Crippen molar-refractivity contribution in [3.8, 4) is 0 Å². The van der Waals surface area contributed by atoms with Gasteiger partial charge in [0.05, 0.1) is 24.9 Å². The van der Waals surface area contributed by atoms with Gasteiger partial charge in [-0.2, -0.15) is 0 Å². The fourth-order valence-corrected chi connectivity index (χ4v) is 3.01. The Labute approximate surface area is 146 Å². The average Bonchev–Trinajstić information content (AvgIpc) is 2.66. The highest BCUT2D eigenvalue weighted by atomic mass is 16.5. The van der Waals surface area contributed by atoms with E-state index >= 15 is 0 Å². The van der Waals surface area contributed by atoms with E-state index in [2.05, 4.69) is 0 Å². The summed E-state index contributed by atoms with van der Waals surface area (Å²) in [6.07, 6.45) is 7.56. The Bertz CT molecular complexity index is 462. The molecule has 1 fully saturated rings. The van der Waals surface area contributed by atoms with E-state index in [1.54, 1.807) is 6.08 Å². The Morgan fingerprint density at radius 2 is 2.17 bits per heavy atom. The van der Waals surface area contributed by atoms with Gasteiger partial charge in [0, 0.05) is 12.3 Å². The molecule has 2 N–H and O–H groups in total. The van der Waals surface area contributed by atoms with Crippen molar-refractivity contribution in [1.29, 1.82) is 0 Å². The summed E-state index contributed by atoms with van der Waals surface area (Å²) in [5.74, 6) is 0.314. The maximum Gasteiger partial charge on any atom is 0.139 e. The lowest BCUT2D eigenvalue weighted by atomic mass is 9.87. The van der Waals surface area contributed by atoms with Crippen LogP contribution in [0, 0.1) is 5.92 Å². The number of aliphatic hydroxyl groups is 2. The molecule has 3 atom stereocenters. The fourth-order valence-electron chi connectivity index (χ4n) is 3.01. The molecule has 1 aliphatic rings. The number of rotatable bonds is 8. The summed E-state index contributed by atoms with van der Waals surface area (Å²) in [4.78, 5) is 12.1. The van der Waals surface area contributed by atoms with Crippen LogP contribution in [0.4, 0.5) is 0 Å². The molecular formula is C20H34O4. The van der Waals surface area contributed by atoms with E-state index in [4.69, 9.17) is 9.84 Å². The second-order valence-corrected chi connectivity index (χ2v) is 7.45. The summed E-state index contributed by atoms with van der Waals surface area (Å²) in [5.41, 5.74) is 1.64. The lowest BCUT2D eigenvalue weighted by molar-refractivity contribution is -0.122. The predicted molar refractivity (Wildman–Crippen MR) is 96.8 cm³/mol. The van der Waals surface area contributed by atoms with Gasteiger partial charge in [0.25, 0.3) is 0 Å². The number of carbonyl (C=O) groups excluding carboxylic acids is 1. The number of allylic oxidation sites excluding steroid dienone is 2. The van der Waals surface area contributed by atoms with Crippen molar-refractivity contribution >= 4 is 5.78 Å². The van der Waals surface area contributed by atoms with E-state index in [1.165, 1.54) is 5.57 Å². The molecule has 0 saturated carbocycles. The van der Waals surface area contributed by atoms with Gasteiger partial charge in [-0.05, 0) is 58.4 Å². The van der Waals surface area contributed by atoms with Gasteiger partial charge in [-0.3, -0.25) is 4.79 Å². The summed E-state index contributed by atoms with van der Waals surface area (Å²) in [7, 11) is 0. The van der Waals surface area contributed by atoms with Crippen LogP contribution in [0.2, 0.25) is 0 Å². The summed E-state index contributed by atoms with van der Waals surface area (Å²) < 4.78 is 5.97. The first kappa shape index (κ1) is 21.1. The van der Waals surface area contributed by atoms with Gasteiger partial charge in [0.2, 0.25) is 0 Å². The van der Waals surface area contributed by atoms with E-state index < -0.39 is 11.7 Å². The van der Waals surface area contributed by atoms with E-state index in [-0.39, 0.29) is 18.3 Å². The van der Waals surface area contributed by atoms with Crippen LogP contribution in [0.25, 0.3) is 0 Å². The van der Waals surface area contributed by atoms with E-state index in [0.29, 0.717) is 19.4 Å². The first-order chi connectivity index (χ1) is 11.3. The van der Waals surface area contributed by atoms with Gasteiger partial charge in [0.1, 0.15) is 5.78 Å². The van der Waals surface area contributed by atoms with Crippen LogP contribution >= 0.6 is 0 Å². The number of hydrogen-bond acceptors (Lipinski definition) is 4. The Morgan fingerprint density at radius 3 is 2.79 bits per heavy atom. The van der Waals surface area contributed by atoms with E-state index in [1.807, 2.05) is 33.8 Å². The van der Waals surface area contributed by atoms with Crippen molar-refractivity contribution in [2.24, 2.45) is 5.92 Å². The SMILES string of the molecule is CC(C)=CCC(=O)C(C)CCC[C@@]1(C)OC/C(=C/CO)CC[C@@H]1O. The molecule has 1 unspecified atom stereocenters. The van der Waals surface area contributed by atoms with Crippen molar-refractivity contribution in [2.45, 2.75) is 77.9 Å². The molecule has 0 aromatic heterocycles. The van der Waals surface area contributed by atoms with Crippen LogP contribution in [0.15, 0.2) is 23.3 Å². The highest BCUT2D eigenvalue weighted by Gasteiger charge is 2.35. The van der Waals surface area contributed by atoms with Crippen LogP contribution in [0.3, 0.4) is 0 Å². The molecule has 138 valence electrons. The Morgan fingerprint density at radius 1 is 1.46 bits per heavy atom.